The van der Waals surface area contributed by atoms with E-state index in [9.17, 15) is 4.79 Å². The fourth-order valence-electron chi connectivity index (χ4n) is 3.95. The molecule has 1 N–H and O–H groups in total. The molecular weight excluding hydrogens is 436 g/mol. The van der Waals surface area contributed by atoms with Crippen molar-refractivity contribution in [2.45, 2.75) is 26.9 Å². The number of hydrogen-bond donors (Lipinski definition) is 1. The third-order valence-electron chi connectivity index (χ3n) is 5.76. The largest absolute Gasteiger partial charge is 0.494 e. The van der Waals surface area contributed by atoms with E-state index in [0.29, 0.717) is 12.1 Å². The number of piperazine rings is 1. The highest BCUT2D eigenvalue weighted by atomic mass is 32.1. The molecule has 0 saturated carbocycles. The number of fused-ring (bicyclic) bond motifs is 1. The van der Waals surface area contributed by atoms with Crippen molar-refractivity contribution in [2.75, 3.05) is 51.3 Å². The zero-order chi connectivity index (χ0) is 23.4. The summed E-state index contributed by atoms with van der Waals surface area (Å²) in [5, 5.41) is 4.08. The van der Waals surface area contributed by atoms with Gasteiger partial charge in [-0.05, 0) is 56.7 Å². The van der Waals surface area contributed by atoms with E-state index in [1.54, 1.807) is 30.6 Å². The molecule has 1 amide bonds. The number of rotatable bonds is 8. The Labute approximate surface area is 199 Å². The molecule has 8 heteroatoms. The van der Waals surface area contributed by atoms with Crippen LogP contribution < -0.4 is 19.7 Å². The van der Waals surface area contributed by atoms with Gasteiger partial charge in [0.2, 0.25) is 0 Å². The molecule has 0 unspecified atom stereocenters. The van der Waals surface area contributed by atoms with Crippen LogP contribution in [0.4, 0.5) is 5.13 Å². The SMILES string of the molecule is COc1ccc(C)c2sc(N3CCN(CCNC(=O)c4ccc(OC(C)C)cc4)CC3)nc12. The Hall–Kier alpha value is -2.84. The molecule has 2 aromatic carbocycles. The van der Waals surface area contributed by atoms with Crippen molar-refractivity contribution in [1.82, 2.24) is 15.2 Å². The minimum Gasteiger partial charge on any atom is -0.494 e. The molecule has 1 saturated heterocycles. The van der Waals surface area contributed by atoms with Crippen LogP contribution in [0.25, 0.3) is 10.2 Å². The van der Waals surface area contributed by atoms with Gasteiger partial charge in [-0.15, -0.1) is 0 Å². The average Bonchev–Trinajstić information content (AvgIpc) is 3.26. The number of benzene rings is 2. The van der Waals surface area contributed by atoms with Gasteiger partial charge in [0.1, 0.15) is 17.0 Å². The molecule has 0 aliphatic carbocycles. The third kappa shape index (κ3) is 5.57. The molecular formula is C25H32N4O3S. The van der Waals surface area contributed by atoms with Gasteiger partial charge in [-0.2, -0.15) is 0 Å². The number of anilines is 1. The Morgan fingerprint density at radius 2 is 1.85 bits per heavy atom. The van der Waals surface area contributed by atoms with Crippen LogP contribution in [-0.2, 0) is 0 Å². The van der Waals surface area contributed by atoms with Crippen LogP contribution in [-0.4, -0.2) is 68.3 Å². The van der Waals surface area contributed by atoms with Crippen molar-refractivity contribution in [3.8, 4) is 11.5 Å². The summed E-state index contributed by atoms with van der Waals surface area (Å²) in [5.41, 5.74) is 2.83. The fourth-order valence-corrected chi connectivity index (χ4v) is 5.05. The Kier molecular flexibility index (Phi) is 7.35. The second kappa shape index (κ2) is 10.4. The Morgan fingerprint density at radius 3 is 2.52 bits per heavy atom. The van der Waals surface area contributed by atoms with Crippen LogP contribution in [0.5, 0.6) is 11.5 Å². The van der Waals surface area contributed by atoms with E-state index >= 15 is 0 Å². The molecule has 1 aliphatic rings. The van der Waals surface area contributed by atoms with Crippen molar-refractivity contribution in [1.29, 1.82) is 0 Å². The smallest absolute Gasteiger partial charge is 0.251 e. The predicted molar refractivity (Wildman–Crippen MR) is 134 cm³/mol. The van der Waals surface area contributed by atoms with Crippen LogP contribution in [0, 0.1) is 6.92 Å². The van der Waals surface area contributed by atoms with Gasteiger partial charge in [0.05, 0.1) is 17.9 Å². The standard InChI is InChI=1S/C25H32N4O3S/c1-17(2)32-20-8-6-19(7-9-20)24(30)26-11-12-28-13-15-29(16-14-28)25-27-22-21(31-4)10-5-18(3)23(22)33-25/h5-10,17H,11-16H2,1-4H3,(H,26,30). The van der Waals surface area contributed by atoms with Gasteiger partial charge < -0.3 is 19.7 Å². The molecule has 1 aliphatic heterocycles. The van der Waals surface area contributed by atoms with Crippen LogP contribution in [0.2, 0.25) is 0 Å². The van der Waals surface area contributed by atoms with Crippen molar-refractivity contribution >= 4 is 32.6 Å². The van der Waals surface area contributed by atoms with Gasteiger partial charge in [-0.25, -0.2) is 4.98 Å². The molecule has 0 radical (unpaired) electrons. The summed E-state index contributed by atoms with van der Waals surface area (Å²) in [6.45, 7) is 11.3. The molecule has 4 rings (SSSR count). The molecule has 1 fully saturated rings. The van der Waals surface area contributed by atoms with E-state index in [1.807, 2.05) is 32.0 Å². The Morgan fingerprint density at radius 1 is 1.12 bits per heavy atom. The monoisotopic (exact) mass is 468 g/mol. The van der Waals surface area contributed by atoms with E-state index in [2.05, 4.69) is 28.1 Å². The first kappa shape index (κ1) is 23.3. The first-order valence-corrected chi connectivity index (χ1v) is 12.2. The summed E-state index contributed by atoms with van der Waals surface area (Å²) >= 11 is 1.73. The summed E-state index contributed by atoms with van der Waals surface area (Å²) in [5.74, 6) is 1.55. The highest BCUT2D eigenvalue weighted by Crippen LogP contribution is 2.36. The number of methoxy groups -OCH3 is 1. The lowest BCUT2D eigenvalue weighted by molar-refractivity contribution is 0.0947. The maximum absolute atomic E-state index is 12.4. The van der Waals surface area contributed by atoms with E-state index < -0.39 is 0 Å². The van der Waals surface area contributed by atoms with Gasteiger partial charge in [0.25, 0.3) is 5.91 Å². The zero-order valence-electron chi connectivity index (χ0n) is 19.8. The molecule has 1 aromatic heterocycles. The minimum atomic E-state index is -0.0523. The van der Waals surface area contributed by atoms with Crippen LogP contribution in [0.3, 0.4) is 0 Å². The first-order chi connectivity index (χ1) is 15.9. The number of aryl methyl sites for hydroxylation is 1. The normalized spacial score (nSPS) is 14.6. The first-order valence-electron chi connectivity index (χ1n) is 11.4. The summed E-state index contributed by atoms with van der Waals surface area (Å²) in [6.07, 6.45) is 0.117. The third-order valence-corrected chi connectivity index (χ3v) is 7.01. The number of hydrogen-bond acceptors (Lipinski definition) is 7. The maximum Gasteiger partial charge on any atom is 0.251 e. The second-order valence-corrected chi connectivity index (χ2v) is 9.51. The molecule has 7 nitrogen and oxygen atoms in total. The summed E-state index contributed by atoms with van der Waals surface area (Å²) in [6, 6.07) is 11.4. The van der Waals surface area contributed by atoms with Crippen LogP contribution in [0.15, 0.2) is 36.4 Å². The maximum atomic E-state index is 12.4. The lowest BCUT2D eigenvalue weighted by Gasteiger charge is -2.34. The van der Waals surface area contributed by atoms with Gasteiger partial charge in [-0.3, -0.25) is 9.69 Å². The van der Waals surface area contributed by atoms with Crippen molar-refractivity contribution in [3.05, 3.63) is 47.5 Å². The summed E-state index contributed by atoms with van der Waals surface area (Å²) in [7, 11) is 1.69. The van der Waals surface area contributed by atoms with Gasteiger partial charge in [0, 0.05) is 44.8 Å². The number of thiazole rings is 1. The lowest BCUT2D eigenvalue weighted by atomic mass is 10.2. The number of nitrogens with zero attached hydrogens (tertiary/aromatic N) is 3. The zero-order valence-corrected chi connectivity index (χ0v) is 20.6. The van der Waals surface area contributed by atoms with Gasteiger partial charge in [-0.1, -0.05) is 17.4 Å². The van der Waals surface area contributed by atoms with Crippen molar-refractivity contribution in [2.24, 2.45) is 0 Å². The van der Waals surface area contributed by atoms with E-state index in [4.69, 9.17) is 14.5 Å². The number of ether oxygens (including phenoxy) is 2. The molecule has 33 heavy (non-hydrogen) atoms. The number of carbonyl (C=O) groups is 1. The van der Waals surface area contributed by atoms with Gasteiger partial charge >= 0.3 is 0 Å². The van der Waals surface area contributed by atoms with Crippen molar-refractivity contribution in [3.63, 3.8) is 0 Å². The highest BCUT2D eigenvalue weighted by Gasteiger charge is 2.21. The Balaban J connectivity index is 1.25. The lowest BCUT2D eigenvalue weighted by Crippen LogP contribution is -2.48. The summed E-state index contributed by atoms with van der Waals surface area (Å²) < 4.78 is 12.3. The number of carbonyl (C=O) groups excluding carboxylic acids is 1. The molecule has 3 aromatic rings. The topological polar surface area (TPSA) is 66.9 Å². The minimum absolute atomic E-state index is 0.0523. The quantitative estimate of drug-likeness (QED) is 0.540. The van der Waals surface area contributed by atoms with Crippen LogP contribution in [0.1, 0.15) is 29.8 Å². The number of nitrogens with one attached hydrogen (secondary N) is 1. The highest BCUT2D eigenvalue weighted by molar-refractivity contribution is 7.22. The van der Waals surface area contributed by atoms with E-state index in [0.717, 1.165) is 54.9 Å². The molecule has 0 spiro atoms. The molecule has 2 heterocycles. The number of amides is 1. The molecule has 176 valence electrons. The number of aromatic nitrogens is 1. The predicted octanol–water partition coefficient (Wildman–Crippen LogP) is 3.95. The molecule has 0 bridgehead atoms. The van der Waals surface area contributed by atoms with Gasteiger partial charge in [0.15, 0.2) is 5.13 Å². The fraction of sp³-hybridized carbons (Fsp3) is 0.440. The van der Waals surface area contributed by atoms with E-state index in [-0.39, 0.29) is 12.0 Å². The molecule has 0 atom stereocenters. The Bertz CT molecular complexity index is 1090. The summed E-state index contributed by atoms with van der Waals surface area (Å²) in [4.78, 5) is 22.0. The van der Waals surface area contributed by atoms with E-state index in [1.165, 1.54) is 10.3 Å². The second-order valence-electron chi connectivity index (χ2n) is 8.53. The average molecular weight is 469 g/mol. The van der Waals surface area contributed by atoms with Crippen molar-refractivity contribution < 1.29 is 14.3 Å². The van der Waals surface area contributed by atoms with Crippen LogP contribution >= 0.6 is 11.3 Å².